The summed E-state index contributed by atoms with van der Waals surface area (Å²) in [5.74, 6) is 0.0144. The van der Waals surface area contributed by atoms with E-state index in [0.29, 0.717) is 6.54 Å². The average molecular weight is 360 g/mol. The molecule has 130 valence electrons. The van der Waals surface area contributed by atoms with Crippen LogP contribution in [0.15, 0.2) is 78.2 Å². The third-order valence-corrected chi connectivity index (χ3v) is 5.46. The van der Waals surface area contributed by atoms with Crippen LogP contribution in [0.3, 0.4) is 0 Å². The highest BCUT2D eigenvalue weighted by molar-refractivity contribution is 7.13. The maximum absolute atomic E-state index is 12.7. The predicted molar refractivity (Wildman–Crippen MR) is 108 cm³/mol. The molecule has 0 radical (unpaired) electrons. The number of benzene rings is 2. The maximum Gasteiger partial charge on any atom is 0.240 e. The third kappa shape index (κ3) is 3.28. The van der Waals surface area contributed by atoms with Gasteiger partial charge in [-0.05, 0) is 36.1 Å². The number of hydrogen-bond donors (Lipinski definition) is 1. The Labute approximate surface area is 156 Å². The highest BCUT2D eigenvalue weighted by Gasteiger charge is 2.15. The summed E-state index contributed by atoms with van der Waals surface area (Å²) in [6.45, 7) is 2.32. The smallest absolute Gasteiger partial charge is 0.240 e. The van der Waals surface area contributed by atoms with Crippen LogP contribution in [0.5, 0.6) is 0 Å². The van der Waals surface area contributed by atoms with Gasteiger partial charge in [-0.25, -0.2) is 0 Å². The quantitative estimate of drug-likeness (QED) is 0.518. The lowest BCUT2D eigenvalue weighted by Gasteiger charge is -2.16. The number of thiophene rings is 1. The molecular formula is C22H20N2OS. The minimum absolute atomic E-state index is 0.0144. The Morgan fingerprint density at radius 1 is 1.04 bits per heavy atom. The molecule has 2 aromatic carbocycles. The van der Waals surface area contributed by atoms with Crippen LogP contribution < -0.4 is 5.32 Å². The fourth-order valence-corrected chi connectivity index (χ4v) is 4.02. The second kappa shape index (κ2) is 7.18. The Balaban J connectivity index is 1.62. The van der Waals surface area contributed by atoms with Crippen molar-refractivity contribution in [2.45, 2.75) is 19.5 Å². The molecule has 0 fully saturated rings. The van der Waals surface area contributed by atoms with Gasteiger partial charge in [0.1, 0.15) is 6.54 Å². The molecule has 4 aromatic rings. The number of fused-ring (bicyclic) bond motifs is 1. The van der Waals surface area contributed by atoms with Crippen molar-refractivity contribution in [1.82, 2.24) is 9.88 Å². The molecule has 0 saturated carbocycles. The lowest BCUT2D eigenvalue weighted by atomic mass is 10.1. The van der Waals surface area contributed by atoms with E-state index in [0.717, 1.165) is 22.2 Å². The van der Waals surface area contributed by atoms with E-state index in [1.165, 1.54) is 4.88 Å². The van der Waals surface area contributed by atoms with E-state index in [-0.39, 0.29) is 11.9 Å². The number of nitrogens with zero attached hydrogens (tertiary/aromatic N) is 1. The molecule has 1 N–H and O–H groups in total. The van der Waals surface area contributed by atoms with E-state index in [2.05, 4.69) is 39.5 Å². The van der Waals surface area contributed by atoms with Crippen molar-refractivity contribution in [2.24, 2.45) is 0 Å². The van der Waals surface area contributed by atoms with Crippen LogP contribution >= 0.6 is 11.3 Å². The molecule has 1 amide bonds. The van der Waals surface area contributed by atoms with Crippen LogP contribution in [0.1, 0.15) is 18.5 Å². The number of hydrogen-bond acceptors (Lipinski definition) is 2. The van der Waals surface area contributed by atoms with Crippen molar-refractivity contribution in [3.8, 4) is 10.6 Å². The zero-order chi connectivity index (χ0) is 17.9. The summed E-state index contributed by atoms with van der Waals surface area (Å²) >= 11 is 1.69. The molecular weight excluding hydrogens is 340 g/mol. The molecule has 4 heteroatoms. The average Bonchev–Trinajstić information content (AvgIpc) is 3.31. The number of carbonyl (C=O) groups excluding carboxylic acids is 1. The van der Waals surface area contributed by atoms with E-state index in [1.54, 1.807) is 11.3 Å². The molecule has 1 atom stereocenters. The van der Waals surface area contributed by atoms with E-state index in [1.807, 2.05) is 55.5 Å². The van der Waals surface area contributed by atoms with Crippen molar-refractivity contribution in [3.63, 3.8) is 0 Å². The van der Waals surface area contributed by atoms with Gasteiger partial charge in [-0.15, -0.1) is 11.3 Å². The van der Waals surface area contributed by atoms with Crippen LogP contribution in [0.25, 0.3) is 21.5 Å². The van der Waals surface area contributed by atoms with E-state index >= 15 is 0 Å². The Bertz CT molecular complexity index is 1020. The number of amides is 1. The van der Waals surface area contributed by atoms with Crippen molar-refractivity contribution >= 4 is 28.1 Å². The predicted octanol–water partition coefficient (Wildman–Crippen LogP) is 5.25. The van der Waals surface area contributed by atoms with Crippen molar-refractivity contribution in [2.75, 3.05) is 0 Å². The third-order valence-electron chi connectivity index (χ3n) is 4.56. The highest BCUT2D eigenvalue weighted by Crippen LogP contribution is 2.31. The summed E-state index contributed by atoms with van der Waals surface area (Å²) in [6, 6.07) is 24.5. The SMILES string of the molecule is C[C@H](NC(=O)Cn1c(-c2cccs2)cc2ccccc21)c1ccccc1. The fraction of sp³-hybridized carbons (Fsp3) is 0.136. The van der Waals surface area contributed by atoms with Gasteiger partial charge in [0.2, 0.25) is 5.91 Å². The molecule has 26 heavy (non-hydrogen) atoms. The van der Waals surface area contributed by atoms with Crippen LogP contribution in [0.2, 0.25) is 0 Å². The second-order valence-corrected chi connectivity index (χ2v) is 7.30. The molecule has 0 saturated heterocycles. The molecule has 0 bridgehead atoms. The standard InChI is InChI=1S/C22H20N2OS/c1-16(17-8-3-2-4-9-17)23-22(25)15-24-19-11-6-5-10-18(19)14-20(24)21-12-7-13-26-21/h2-14,16H,15H2,1H3,(H,23,25)/t16-/m0/s1. The summed E-state index contributed by atoms with van der Waals surface area (Å²) in [5.41, 5.74) is 3.28. The van der Waals surface area contributed by atoms with Gasteiger partial charge in [-0.3, -0.25) is 4.79 Å². The first kappa shape index (κ1) is 16.6. The minimum Gasteiger partial charge on any atom is -0.348 e. The maximum atomic E-state index is 12.7. The Kier molecular flexibility index (Phi) is 4.59. The summed E-state index contributed by atoms with van der Waals surface area (Å²) in [4.78, 5) is 13.9. The summed E-state index contributed by atoms with van der Waals surface area (Å²) in [7, 11) is 0. The molecule has 2 aromatic heterocycles. The lowest BCUT2D eigenvalue weighted by molar-refractivity contribution is -0.122. The minimum atomic E-state index is -0.0179. The first-order chi connectivity index (χ1) is 12.7. The largest absolute Gasteiger partial charge is 0.348 e. The monoisotopic (exact) mass is 360 g/mol. The van der Waals surface area contributed by atoms with Gasteiger partial charge < -0.3 is 9.88 Å². The topological polar surface area (TPSA) is 34.0 Å². The van der Waals surface area contributed by atoms with Gasteiger partial charge in [-0.1, -0.05) is 54.6 Å². The normalized spacial score (nSPS) is 12.2. The molecule has 0 aliphatic carbocycles. The van der Waals surface area contributed by atoms with Crippen LogP contribution in [-0.2, 0) is 11.3 Å². The van der Waals surface area contributed by atoms with Gasteiger partial charge >= 0.3 is 0 Å². The first-order valence-electron chi connectivity index (χ1n) is 8.69. The zero-order valence-corrected chi connectivity index (χ0v) is 15.4. The summed E-state index contributed by atoms with van der Waals surface area (Å²) < 4.78 is 2.11. The van der Waals surface area contributed by atoms with Gasteiger partial charge in [0.25, 0.3) is 0 Å². The molecule has 2 heterocycles. The first-order valence-corrected chi connectivity index (χ1v) is 9.57. The molecule has 0 aliphatic heterocycles. The van der Waals surface area contributed by atoms with Gasteiger partial charge in [0, 0.05) is 10.9 Å². The fourth-order valence-electron chi connectivity index (χ4n) is 3.26. The highest BCUT2D eigenvalue weighted by atomic mass is 32.1. The Morgan fingerprint density at radius 2 is 1.81 bits per heavy atom. The molecule has 4 rings (SSSR count). The van der Waals surface area contributed by atoms with Gasteiger partial charge in [0.05, 0.1) is 16.6 Å². The van der Waals surface area contributed by atoms with E-state index in [9.17, 15) is 4.79 Å². The van der Waals surface area contributed by atoms with Crippen molar-refractivity contribution in [1.29, 1.82) is 0 Å². The number of aromatic nitrogens is 1. The van der Waals surface area contributed by atoms with Crippen LogP contribution in [0, 0.1) is 0 Å². The Hall–Kier alpha value is -2.85. The molecule has 0 aliphatic rings. The van der Waals surface area contributed by atoms with E-state index in [4.69, 9.17) is 0 Å². The Morgan fingerprint density at radius 3 is 2.58 bits per heavy atom. The van der Waals surface area contributed by atoms with Crippen molar-refractivity contribution < 1.29 is 4.79 Å². The second-order valence-electron chi connectivity index (χ2n) is 6.35. The molecule has 3 nitrogen and oxygen atoms in total. The van der Waals surface area contributed by atoms with Gasteiger partial charge in [-0.2, -0.15) is 0 Å². The molecule has 0 unspecified atom stereocenters. The summed E-state index contributed by atoms with van der Waals surface area (Å²) in [5, 5.41) is 6.33. The summed E-state index contributed by atoms with van der Waals surface area (Å²) in [6.07, 6.45) is 0. The van der Waals surface area contributed by atoms with Crippen molar-refractivity contribution in [3.05, 3.63) is 83.7 Å². The zero-order valence-electron chi connectivity index (χ0n) is 14.6. The lowest BCUT2D eigenvalue weighted by Crippen LogP contribution is -2.30. The number of nitrogens with one attached hydrogen (secondary N) is 1. The van der Waals surface area contributed by atoms with Crippen LogP contribution in [-0.4, -0.2) is 10.5 Å². The molecule has 0 spiro atoms. The number of carbonyl (C=O) groups is 1. The van der Waals surface area contributed by atoms with E-state index < -0.39 is 0 Å². The van der Waals surface area contributed by atoms with Crippen LogP contribution in [0.4, 0.5) is 0 Å². The van der Waals surface area contributed by atoms with Gasteiger partial charge in [0.15, 0.2) is 0 Å². The number of para-hydroxylation sites is 1. The number of rotatable bonds is 5.